The molecule has 2 unspecified atom stereocenters. The van der Waals surface area contributed by atoms with Gasteiger partial charge in [0.1, 0.15) is 5.92 Å². The summed E-state index contributed by atoms with van der Waals surface area (Å²) in [7, 11) is 0. The number of rotatable bonds is 0. The number of hydrogen-bond acceptors (Lipinski definition) is 1. The SMILES string of the molecule is CC1OCC1C(F)(F)F. The van der Waals surface area contributed by atoms with Crippen molar-refractivity contribution in [2.75, 3.05) is 6.61 Å². The summed E-state index contributed by atoms with van der Waals surface area (Å²) >= 11 is 0. The average molecular weight is 140 g/mol. The molecule has 1 rings (SSSR count). The van der Waals surface area contributed by atoms with Gasteiger partial charge in [0, 0.05) is 0 Å². The quantitative estimate of drug-likeness (QED) is 0.496. The molecule has 0 saturated carbocycles. The van der Waals surface area contributed by atoms with Crippen LogP contribution in [0, 0.1) is 5.92 Å². The summed E-state index contributed by atoms with van der Waals surface area (Å²) in [4.78, 5) is 0. The Labute approximate surface area is 50.8 Å². The number of ether oxygens (including phenoxy) is 1. The lowest BCUT2D eigenvalue weighted by molar-refractivity contribution is -0.268. The second-order valence-corrected chi connectivity index (χ2v) is 2.19. The van der Waals surface area contributed by atoms with Crippen molar-refractivity contribution in [3.8, 4) is 0 Å². The van der Waals surface area contributed by atoms with Gasteiger partial charge in [-0.1, -0.05) is 0 Å². The maximum Gasteiger partial charge on any atom is 0.396 e. The largest absolute Gasteiger partial charge is 0.396 e. The highest BCUT2D eigenvalue weighted by molar-refractivity contribution is 4.80. The van der Waals surface area contributed by atoms with Gasteiger partial charge in [0.2, 0.25) is 0 Å². The zero-order chi connectivity index (χ0) is 7.07. The van der Waals surface area contributed by atoms with Crippen molar-refractivity contribution in [2.24, 2.45) is 5.92 Å². The van der Waals surface area contributed by atoms with E-state index in [-0.39, 0.29) is 6.61 Å². The molecule has 4 heteroatoms. The smallest absolute Gasteiger partial charge is 0.377 e. The molecule has 1 nitrogen and oxygen atoms in total. The van der Waals surface area contributed by atoms with Crippen molar-refractivity contribution in [1.82, 2.24) is 0 Å². The molecule has 0 aromatic rings. The molecule has 1 aliphatic heterocycles. The molecule has 0 bridgehead atoms. The third kappa shape index (κ3) is 1.18. The van der Waals surface area contributed by atoms with E-state index in [9.17, 15) is 13.2 Å². The van der Waals surface area contributed by atoms with Crippen molar-refractivity contribution in [1.29, 1.82) is 0 Å². The first kappa shape index (κ1) is 6.86. The van der Waals surface area contributed by atoms with Gasteiger partial charge in [0.05, 0.1) is 12.7 Å². The second kappa shape index (κ2) is 1.87. The molecule has 0 aromatic heterocycles. The highest BCUT2D eigenvalue weighted by Crippen LogP contribution is 2.36. The van der Waals surface area contributed by atoms with E-state index in [2.05, 4.69) is 4.74 Å². The molecule has 54 valence electrons. The van der Waals surface area contributed by atoms with E-state index in [1.165, 1.54) is 6.92 Å². The van der Waals surface area contributed by atoms with E-state index in [1.807, 2.05) is 0 Å². The first-order valence-corrected chi connectivity index (χ1v) is 2.70. The third-order valence-corrected chi connectivity index (χ3v) is 1.53. The van der Waals surface area contributed by atoms with Crippen LogP contribution in [0.25, 0.3) is 0 Å². The van der Waals surface area contributed by atoms with Crippen LogP contribution in [0.4, 0.5) is 13.2 Å². The molecule has 0 spiro atoms. The van der Waals surface area contributed by atoms with Gasteiger partial charge >= 0.3 is 6.18 Å². The standard InChI is InChI=1S/C5H7F3O/c1-3-4(2-9-3)5(6,7)8/h3-4H,2H2,1H3. The van der Waals surface area contributed by atoms with Gasteiger partial charge in [0.15, 0.2) is 0 Å². The lowest BCUT2D eigenvalue weighted by atomic mass is 9.99. The molecule has 1 saturated heterocycles. The Morgan fingerprint density at radius 3 is 2.00 bits per heavy atom. The summed E-state index contributed by atoms with van der Waals surface area (Å²) in [6.07, 6.45) is -4.69. The number of halogens is 3. The van der Waals surface area contributed by atoms with Crippen LogP contribution < -0.4 is 0 Å². The molecule has 9 heavy (non-hydrogen) atoms. The molecule has 0 aliphatic carbocycles. The van der Waals surface area contributed by atoms with Gasteiger partial charge in [-0.25, -0.2) is 0 Å². The summed E-state index contributed by atoms with van der Waals surface area (Å²) in [6, 6.07) is 0. The fourth-order valence-corrected chi connectivity index (χ4v) is 0.746. The molecule has 1 fully saturated rings. The minimum absolute atomic E-state index is 0.162. The maximum atomic E-state index is 11.7. The predicted molar refractivity (Wildman–Crippen MR) is 25.0 cm³/mol. The molecule has 0 amide bonds. The fourth-order valence-electron chi connectivity index (χ4n) is 0.746. The molecule has 2 atom stereocenters. The first-order chi connectivity index (χ1) is 4.02. The number of hydrogen-bond donors (Lipinski definition) is 0. The Bertz CT molecular complexity index is 109. The molecular formula is C5H7F3O. The maximum absolute atomic E-state index is 11.7. The lowest BCUT2D eigenvalue weighted by Gasteiger charge is -2.35. The Morgan fingerprint density at radius 2 is 2.00 bits per heavy atom. The highest BCUT2D eigenvalue weighted by atomic mass is 19.4. The monoisotopic (exact) mass is 140 g/mol. The van der Waals surface area contributed by atoms with Crippen LogP contribution in [0.2, 0.25) is 0 Å². The van der Waals surface area contributed by atoms with Crippen molar-refractivity contribution in [3.63, 3.8) is 0 Å². The first-order valence-electron chi connectivity index (χ1n) is 2.70. The van der Waals surface area contributed by atoms with Crippen LogP contribution in [-0.2, 0) is 4.74 Å². The van der Waals surface area contributed by atoms with E-state index in [0.717, 1.165) is 0 Å². The topological polar surface area (TPSA) is 9.23 Å². The third-order valence-electron chi connectivity index (χ3n) is 1.53. The van der Waals surface area contributed by atoms with Gasteiger partial charge in [-0.2, -0.15) is 13.2 Å². The minimum atomic E-state index is -4.06. The average Bonchev–Trinajstić information content (AvgIpc) is 1.57. The summed E-state index contributed by atoms with van der Waals surface area (Å²) in [5.41, 5.74) is 0. The zero-order valence-electron chi connectivity index (χ0n) is 4.90. The van der Waals surface area contributed by atoms with E-state index < -0.39 is 18.2 Å². The van der Waals surface area contributed by atoms with E-state index in [4.69, 9.17) is 0 Å². The van der Waals surface area contributed by atoms with E-state index in [1.54, 1.807) is 0 Å². The second-order valence-electron chi connectivity index (χ2n) is 2.19. The van der Waals surface area contributed by atoms with Crippen LogP contribution in [0.1, 0.15) is 6.92 Å². The van der Waals surface area contributed by atoms with Crippen LogP contribution in [0.3, 0.4) is 0 Å². The summed E-state index contributed by atoms with van der Waals surface area (Å²) in [6.45, 7) is 1.27. The lowest BCUT2D eigenvalue weighted by Crippen LogP contribution is -2.46. The molecular weight excluding hydrogens is 133 g/mol. The van der Waals surface area contributed by atoms with Crippen molar-refractivity contribution < 1.29 is 17.9 Å². The van der Waals surface area contributed by atoms with Gasteiger partial charge in [-0.05, 0) is 6.92 Å². The van der Waals surface area contributed by atoms with Crippen molar-refractivity contribution in [3.05, 3.63) is 0 Å². The van der Waals surface area contributed by atoms with Gasteiger partial charge in [0.25, 0.3) is 0 Å². The Kier molecular flexibility index (Phi) is 1.42. The van der Waals surface area contributed by atoms with Crippen LogP contribution in [0.5, 0.6) is 0 Å². The van der Waals surface area contributed by atoms with Crippen molar-refractivity contribution >= 4 is 0 Å². The zero-order valence-corrected chi connectivity index (χ0v) is 4.90. The summed E-state index contributed by atoms with van der Waals surface area (Å²) in [5, 5.41) is 0. The molecule has 0 aromatic carbocycles. The highest BCUT2D eigenvalue weighted by Gasteiger charge is 2.49. The van der Waals surface area contributed by atoms with Crippen LogP contribution >= 0.6 is 0 Å². The van der Waals surface area contributed by atoms with Gasteiger partial charge in [-0.3, -0.25) is 0 Å². The van der Waals surface area contributed by atoms with Crippen LogP contribution in [-0.4, -0.2) is 18.9 Å². The van der Waals surface area contributed by atoms with Crippen molar-refractivity contribution in [2.45, 2.75) is 19.2 Å². The van der Waals surface area contributed by atoms with Crippen LogP contribution in [0.15, 0.2) is 0 Å². The minimum Gasteiger partial charge on any atom is -0.377 e. The molecule has 0 N–H and O–H groups in total. The molecule has 1 heterocycles. The Balaban J connectivity index is 2.44. The van der Waals surface area contributed by atoms with Gasteiger partial charge < -0.3 is 4.74 Å². The van der Waals surface area contributed by atoms with E-state index in [0.29, 0.717) is 0 Å². The fraction of sp³-hybridized carbons (Fsp3) is 1.00. The summed E-state index contributed by atoms with van der Waals surface area (Å²) < 4.78 is 39.6. The normalized spacial score (nSPS) is 36.0. The number of alkyl halides is 3. The Hall–Kier alpha value is -0.250. The molecule has 1 aliphatic rings. The summed E-state index contributed by atoms with van der Waals surface area (Å²) in [5.74, 6) is -1.22. The predicted octanol–water partition coefficient (Wildman–Crippen LogP) is 1.58. The Morgan fingerprint density at radius 1 is 1.44 bits per heavy atom. The van der Waals surface area contributed by atoms with Gasteiger partial charge in [-0.15, -0.1) is 0 Å². The molecule has 0 radical (unpaired) electrons. The van der Waals surface area contributed by atoms with E-state index >= 15 is 0 Å².